The number of alkyl halides is 2. The lowest BCUT2D eigenvalue weighted by Gasteiger charge is -2.39. The molecule has 1 unspecified atom stereocenters. The van der Waals surface area contributed by atoms with Gasteiger partial charge < -0.3 is 14.5 Å². The van der Waals surface area contributed by atoms with Crippen LogP contribution in [0.3, 0.4) is 0 Å². The van der Waals surface area contributed by atoms with Crippen molar-refractivity contribution >= 4 is 29.5 Å². The number of aromatic nitrogens is 3. The van der Waals surface area contributed by atoms with E-state index >= 15 is 8.78 Å². The zero-order valence-electron chi connectivity index (χ0n) is 22.1. The number of rotatable bonds is 9. The third-order valence-electron chi connectivity index (χ3n) is 6.90. The molecule has 1 atom stereocenters. The van der Waals surface area contributed by atoms with Crippen molar-refractivity contribution in [2.75, 3.05) is 6.61 Å². The van der Waals surface area contributed by atoms with Crippen LogP contribution in [0.25, 0.3) is 20.5 Å². The maximum Gasteiger partial charge on any atom is 0.266 e. The van der Waals surface area contributed by atoms with Gasteiger partial charge in [-0.3, -0.25) is 4.79 Å². The summed E-state index contributed by atoms with van der Waals surface area (Å²) in [5, 5.41) is 4.94. The van der Waals surface area contributed by atoms with Crippen LogP contribution in [0.15, 0.2) is 53.6 Å². The number of hydrogen-bond acceptors (Lipinski definition) is 5. The monoisotopic (exact) mass is 557 g/mol. The quantitative estimate of drug-likeness (QED) is 0.182. The molecule has 38 heavy (non-hydrogen) atoms. The Morgan fingerprint density at radius 3 is 2.71 bits per heavy atom. The van der Waals surface area contributed by atoms with E-state index < -0.39 is 32.4 Å². The van der Waals surface area contributed by atoms with E-state index in [9.17, 15) is 4.79 Å². The summed E-state index contributed by atoms with van der Waals surface area (Å²) in [5.41, 5.74) is 0.951. The molecule has 0 fully saturated rings. The average Bonchev–Trinajstić information content (AvgIpc) is 3.49. The number of nitrogens with zero attached hydrogens (tertiary/aromatic N) is 2. The first-order valence-corrected chi connectivity index (χ1v) is 17.3. The zero-order chi connectivity index (χ0) is 27.1. The van der Waals surface area contributed by atoms with Gasteiger partial charge in [0.25, 0.3) is 11.5 Å². The summed E-state index contributed by atoms with van der Waals surface area (Å²) in [5.74, 6) is -2.97. The fourth-order valence-electron chi connectivity index (χ4n) is 4.88. The number of ether oxygens (including phenoxy) is 2. The lowest BCUT2D eigenvalue weighted by molar-refractivity contribution is -0.136. The highest BCUT2D eigenvalue weighted by atomic mass is 32.1. The predicted octanol–water partition coefficient (Wildman–Crippen LogP) is 6.78. The largest absolute Gasteiger partial charge is 0.364 e. The van der Waals surface area contributed by atoms with Crippen molar-refractivity contribution in [3.63, 3.8) is 0 Å². The molecule has 0 saturated carbocycles. The van der Waals surface area contributed by atoms with E-state index in [4.69, 9.17) is 9.47 Å². The molecule has 202 valence electrons. The zero-order valence-corrected chi connectivity index (χ0v) is 24.0. The second kappa shape index (κ2) is 10.1. The van der Waals surface area contributed by atoms with Gasteiger partial charge in [-0.15, -0.1) is 11.3 Å². The highest BCUT2D eigenvalue weighted by Crippen LogP contribution is 2.47. The molecule has 0 aliphatic heterocycles. The molecule has 5 rings (SSSR count). The smallest absolute Gasteiger partial charge is 0.266 e. The standard InChI is InChI=1S/C28H33F2N3O3SSi/c1-27(36-16-19-8-6-5-7-9-19)17-28(29,30)13-22-21-12-23(37-24(21)26(34)32-25(22)27)20-14-31-33(15-20)18-35-10-11-38(2,3)4/h5-9,12,14-15H,10-11,13,16-18H2,1-4H3,(H,32,34). The van der Waals surface area contributed by atoms with E-state index in [1.54, 1.807) is 17.8 Å². The molecule has 1 aliphatic rings. The minimum absolute atomic E-state index is 0.168. The van der Waals surface area contributed by atoms with Gasteiger partial charge in [0.2, 0.25) is 0 Å². The number of thiophene rings is 1. The van der Waals surface area contributed by atoms with E-state index in [2.05, 4.69) is 29.7 Å². The molecule has 6 nitrogen and oxygen atoms in total. The molecule has 3 heterocycles. The van der Waals surface area contributed by atoms with Crippen molar-refractivity contribution in [1.29, 1.82) is 0 Å². The summed E-state index contributed by atoms with van der Waals surface area (Å²) in [7, 11) is -1.17. The third kappa shape index (κ3) is 5.83. The normalized spacial score (nSPS) is 19.1. The van der Waals surface area contributed by atoms with E-state index in [0.717, 1.165) is 22.0 Å². The molecule has 1 aliphatic carbocycles. The first kappa shape index (κ1) is 26.9. The summed E-state index contributed by atoms with van der Waals surface area (Å²) in [6.07, 6.45) is 2.64. The molecule has 0 spiro atoms. The Bertz CT molecular complexity index is 1490. The predicted molar refractivity (Wildman–Crippen MR) is 150 cm³/mol. The van der Waals surface area contributed by atoms with Crippen molar-refractivity contribution in [2.45, 2.75) is 70.3 Å². The molecular formula is C28H33F2N3O3SSi. The van der Waals surface area contributed by atoms with Crippen LogP contribution in [0.1, 0.15) is 30.2 Å². The fraction of sp³-hybridized carbons (Fsp3) is 0.429. The molecule has 4 aromatic rings. The summed E-state index contributed by atoms with van der Waals surface area (Å²) in [4.78, 5) is 16.9. The molecule has 0 amide bonds. The van der Waals surface area contributed by atoms with Gasteiger partial charge in [-0.1, -0.05) is 50.0 Å². The molecular weight excluding hydrogens is 524 g/mol. The lowest BCUT2D eigenvalue weighted by Crippen LogP contribution is -2.43. The molecule has 0 saturated heterocycles. The van der Waals surface area contributed by atoms with Crippen molar-refractivity contribution in [3.8, 4) is 10.4 Å². The van der Waals surface area contributed by atoms with Crippen LogP contribution in [-0.2, 0) is 34.8 Å². The van der Waals surface area contributed by atoms with Crippen LogP contribution in [0, 0.1) is 0 Å². The van der Waals surface area contributed by atoms with E-state index in [1.807, 2.05) is 42.6 Å². The van der Waals surface area contributed by atoms with Crippen LogP contribution in [0.5, 0.6) is 0 Å². The Labute approximate surface area is 225 Å². The highest BCUT2D eigenvalue weighted by molar-refractivity contribution is 7.22. The number of H-pyrrole nitrogens is 1. The minimum atomic E-state index is -2.97. The second-order valence-electron chi connectivity index (χ2n) is 11.5. The van der Waals surface area contributed by atoms with Gasteiger partial charge in [0.15, 0.2) is 0 Å². The maximum atomic E-state index is 15.1. The average molecular weight is 558 g/mol. The summed E-state index contributed by atoms with van der Waals surface area (Å²) in [6.45, 7) is 9.75. The van der Waals surface area contributed by atoms with Crippen molar-refractivity contribution in [1.82, 2.24) is 14.8 Å². The number of benzene rings is 1. The molecule has 10 heteroatoms. The van der Waals surface area contributed by atoms with Crippen LogP contribution in [-0.4, -0.2) is 35.4 Å². The maximum absolute atomic E-state index is 15.1. The third-order valence-corrected chi connectivity index (χ3v) is 9.79. The summed E-state index contributed by atoms with van der Waals surface area (Å²) < 4.78 is 44.2. The van der Waals surface area contributed by atoms with Gasteiger partial charge in [0.1, 0.15) is 17.0 Å². The Kier molecular flexibility index (Phi) is 7.19. The summed E-state index contributed by atoms with van der Waals surface area (Å²) >= 11 is 1.29. The topological polar surface area (TPSA) is 69.1 Å². The second-order valence-corrected chi connectivity index (χ2v) is 18.2. The Balaban J connectivity index is 1.44. The van der Waals surface area contributed by atoms with Gasteiger partial charge in [0, 0.05) is 49.5 Å². The van der Waals surface area contributed by atoms with E-state index in [-0.39, 0.29) is 12.2 Å². The van der Waals surface area contributed by atoms with Gasteiger partial charge in [-0.05, 0) is 30.2 Å². The Hall–Kier alpha value is -2.66. The van der Waals surface area contributed by atoms with Gasteiger partial charge in [-0.2, -0.15) is 5.10 Å². The van der Waals surface area contributed by atoms with Crippen LogP contribution >= 0.6 is 11.3 Å². The highest BCUT2D eigenvalue weighted by Gasteiger charge is 2.49. The summed E-state index contributed by atoms with van der Waals surface area (Å²) in [6, 6.07) is 12.3. The van der Waals surface area contributed by atoms with Crippen molar-refractivity contribution in [2.24, 2.45) is 0 Å². The first-order chi connectivity index (χ1) is 17.9. The molecule has 1 N–H and O–H groups in total. The number of aromatic amines is 1. The molecule has 1 aromatic carbocycles. The Morgan fingerprint density at radius 1 is 1.21 bits per heavy atom. The van der Waals surface area contributed by atoms with Gasteiger partial charge >= 0.3 is 0 Å². The molecule has 3 aromatic heterocycles. The minimum Gasteiger partial charge on any atom is -0.364 e. The van der Waals surface area contributed by atoms with E-state index in [0.29, 0.717) is 34.7 Å². The van der Waals surface area contributed by atoms with Crippen molar-refractivity contribution < 1.29 is 18.3 Å². The number of fused-ring (bicyclic) bond motifs is 3. The van der Waals surface area contributed by atoms with Crippen LogP contribution in [0.2, 0.25) is 25.7 Å². The SMILES string of the molecule is CC1(OCc2ccccc2)CC(F)(F)Cc2c1[nH]c(=O)c1sc(-c3cnn(COCC[Si](C)(C)C)c3)cc21. The lowest BCUT2D eigenvalue weighted by atomic mass is 9.80. The number of hydrogen-bond donors (Lipinski definition) is 1. The van der Waals surface area contributed by atoms with Gasteiger partial charge in [-0.25, -0.2) is 13.5 Å². The van der Waals surface area contributed by atoms with Crippen molar-refractivity contribution in [3.05, 3.63) is 76.0 Å². The fourth-order valence-corrected chi connectivity index (χ4v) is 6.69. The Morgan fingerprint density at radius 2 is 1.97 bits per heavy atom. The number of nitrogens with one attached hydrogen (secondary N) is 1. The molecule has 0 radical (unpaired) electrons. The number of halogens is 2. The van der Waals surface area contributed by atoms with Crippen LogP contribution in [0.4, 0.5) is 8.78 Å². The molecule has 0 bridgehead atoms. The number of pyridine rings is 1. The van der Waals surface area contributed by atoms with E-state index in [1.165, 1.54) is 11.3 Å². The van der Waals surface area contributed by atoms with Gasteiger partial charge in [0.05, 0.1) is 18.5 Å². The van der Waals surface area contributed by atoms with Crippen LogP contribution < -0.4 is 5.56 Å². The first-order valence-electron chi connectivity index (χ1n) is 12.8.